The molecular formula is C18H17N3O4S. The number of hydrogen-bond donors (Lipinski definition) is 3. The molecule has 0 fully saturated rings. The number of furan rings is 1. The van der Waals surface area contributed by atoms with Crippen molar-refractivity contribution in [1.29, 1.82) is 0 Å². The number of amides is 2. The smallest absolute Gasteiger partial charge is 0.271 e. The van der Waals surface area contributed by atoms with Crippen molar-refractivity contribution in [1.82, 2.24) is 15.6 Å². The van der Waals surface area contributed by atoms with Crippen LogP contribution in [0.3, 0.4) is 0 Å². The van der Waals surface area contributed by atoms with E-state index in [2.05, 4.69) is 15.6 Å². The van der Waals surface area contributed by atoms with Crippen LogP contribution >= 0.6 is 11.3 Å². The van der Waals surface area contributed by atoms with Crippen LogP contribution in [0.5, 0.6) is 5.75 Å². The van der Waals surface area contributed by atoms with Crippen LogP contribution in [0.2, 0.25) is 0 Å². The summed E-state index contributed by atoms with van der Waals surface area (Å²) in [6.45, 7) is 2.38. The number of rotatable bonds is 6. The van der Waals surface area contributed by atoms with E-state index in [0.29, 0.717) is 22.0 Å². The molecule has 0 saturated carbocycles. The van der Waals surface area contributed by atoms with E-state index in [-0.39, 0.29) is 30.7 Å². The van der Waals surface area contributed by atoms with Gasteiger partial charge in [0.2, 0.25) is 0 Å². The van der Waals surface area contributed by atoms with E-state index in [1.54, 1.807) is 18.4 Å². The quantitative estimate of drug-likeness (QED) is 0.578. The van der Waals surface area contributed by atoms with Gasteiger partial charge in [0.15, 0.2) is 10.8 Å². The fourth-order valence-corrected chi connectivity index (χ4v) is 3.14. The monoisotopic (exact) mass is 371 g/mol. The maximum Gasteiger partial charge on any atom is 0.271 e. The van der Waals surface area contributed by atoms with Gasteiger partial charge in [0.05, 0.1) is 6.26 Å². The van der Waals surface area contributed by atoms with Crippen molar-refractivity contribution in [2.24, 2.45) is 0 Å². The lowest BCUT2D eigenvalue weighted by Crippen LogP contribution is -2.35. The Morgan fingerprint density at radius 3 is 2.46 bits per heavy atom. The predicted molar refractivity (Wildman–Crippen MR) is 97.3 cm³/mol. The van der Waals surface area contributed by atoms with E-state index in [4.69, 9.17) is 4.42 Å². The highest BCUT2D eigenvalue weighted by Crippen LogP contribution is 2.27. The number of nitrogens with zero attached hydrogens (tertiary/aromatic N) is 1. The Hall–Kier alpha value is -3.13. The number of thiazole rings is 1. The van der Waals surface area contributed by atoms with Gasteiger partial charge in [-0.25, -0.2) is 4.98 Å². The summed E-state index contributed by atoms with van der Waals surface area (Å²) in [7, 11) is 0. The molecule has 2 heterocycles. The summed E-state index contributed by atoms with van der Waals surface area (Å²) >= 11 is 1.39. The van der Waals surface area contributed by atoms with Crippen LogP contribution < -0.4 is 10.6 Å². The molecule has 8 heteroatoms. The molecule has 0 unspecified atom stereocenters. The number of aromatic nitrogens is 1. The van der Waals surface area contributed by atoms with Crippen LogP contribution in [0.15, 0.2) is 47.1 Å². The molecule has 134 valence electrons. The number of phenolic OH excluding ortho intramolecular Hbond substituents is 1. The highest BCUT2D eigenvalue weighted by atomic mass is 32.1. The average Bonchev–Trinajstić information content (AvgIpc) is 3.28. The Morgan fingerprint density at radius 1 is 1.12 bits per heavy atom. The Balaban J connectivity index is 1.50. The van der Waals surface area contributed by atoms with E-state index in [9.17, 15) is 14.7 Å². The van der Waals surface area contributed by atoms with E-state index in [0.717, 1.165) is 4.88 Å². The van der Waals surface area contributed by atoms with Crippen molar-refractivity contribution in [3.8, 4) is 16.5 Å². The normalized spacial score (nSPS) is 10.5. The molecule has 26 heavy (non-hydrogen) atoms. The Morgan fingerprint density at radius 2 is 1.81 bits per heavy atom. The van der Waals surface area contributed by atoms with Gasteiger partial charge in [-0.3, -0.25) is 9.59 Å². The molecule has 0 saturated heterocycles. The van der Waals surface area contributed by atoms with E-state index >= 15 is 0 Å². The minimum absolute atomic E-state index is 0.0985. The topological polar surface area (TPSA) is 104 Å². The Labute approximate surface area is 153 Å². The predicted octanol–water partition coefficient (Wildman–Crippen LogP) is 2.58. The van der Waals surface area contributed by atoms with Gasteiger partial charge in [-0.2, -0.15) is 0 Å². The van der Waals surface area contributed by atoms with E-state index in [1.807, 2.05) is 6.92 Å². The SMILES string of the molecule is Cc1sc(-c2ccco2)nc1C(=O)NCCNC(=O)c1ccc(O)cc1. The second kappa shape index (κ2) is 7.83. The zero-order valence-electron chi connectivity index (χ0n) is 14.0. The van der Waals surface area contributed by atoms with Crippen LogP contribution in [0.25, 0.3) is 10.8 Å². The van der Waals surface area contributed by atoms with E-state index < -0.39 is 0 Å². The lowest BCUT2D eigenvalue weighted by molar-refractivity contribution is 0.0925. The molecule has 0 bridgehead atoms. The first-order valence-electron chi connectivity index (χ1n) is 7.91. The van der Waals surface area contributed by atoms with Crippen molar-refractivity contribution in [2.45, 2.75) is 6.92 Å². The fraction of sp³-hybridized carbons (Fsp3) is 0.167. The van der Waals surface area contributed by atoms with Gasteiger partial charge in [0, 0.05) is 23.5 Å². The molecule has 2 amide bonds. The molecule has 2 aromatic heterocycles. The highest BCUT2D eigenvalue weighted by Gasteiger charge is 2.17. The molecule has 3 aromatic rings. The molecule has 1 aromatic carbocycles. The van der Waals surface area contributed by atoms with Gasteiger partial charge in [0.25, 0.3) is 11.8 Å². The number of phenols is 1. The third-order valence-corrected chi connectivity index (χ3v) is 4.55. The third-order valence-electron chi connectivity index (χ3n) is 3.57. The van der Waals surface area contributed by atoms with Gasteiger partial charge in [-0.15, -0.1) is 11.3 Å². The number of aromatic hydroxyl groups is 1. The van der Waals surface area contributed by atoms with Gasteiger partial charge >= 0.3 is 0 Å². The van der Waals surface area contributed by atoms with Gasteiger partial charge in [-0.1, -0.05) is 0 Å². The molecule has 0 spiro atoms. The van der Waals surface area contributed by atoms with E-state index in [1.165, 1.54) is 35.6 Å². The summed E-state index contributed by atoms with van der Waals surface area (Å²) in [6.07, 6.45) is 1.56. The van der Waals surface area contributed by atoms with Crippen LogP contribution in [0.4, 0.5) is 0 Å². The van der Waals surface area contributed by atoms with Crippen LogP contribution in [0, 0.1) is 6.92 Å². The molecule has 0 aliphatic rings. The summed E-state index contributed by atoms with van der Waals surface area (Å²) in [5.41, 5.74) is 0.791. The number of carbonyl (C=O) groups is 2. The minimum atomic E-state index is -0.296. The molecule has 0 aliphatic heterocycles. The number of benzene rings is 1. The van der Waals surface area contributed by atoms with Gasteiger partial charge in [-0.05, 0) is 43.3 Å². The molecule has 0 radical (unpaired) electrons. The Bertz CT molecular complexity index is 901. The lowest BCUT2D eigenvalue weighted by Gasteiger charge is -2.06. The zero-order chi connectivity index (χ0) is 18.5. The molecule has 7 nitrogen and oxygen atoms in total. The van der Waals surface area contributed by atoms with Crippen LogP contribution in [-0.4, -0.2) is 35.0 Å². The van der Waals surface area contributed by atoms with Crippen molar-refractivity contribution in [3.05, 3.63) is 58.8 Å². The number of aryl methyl sites for hydroxylation is 1. The molecule has 3 N–H and O–H groups in total. The summed E-state index contributed by atoms with van der Waals surface area (Å²) < 4.78 is 5.29. The van der Waals surface area contributed by atoms with Crippen molar-refractivity contribution >= 4 is 23.2 Å². The molecule has 3 rings (SSSR count). The summed E-state index contributed by atoms with van der Waals surface area (Å²) in [6, 6.07) is 9.49. The fourth-order valence-electron chi connectivity index (χ4n) is 2.26. The van der Waals surface area contributed by atoms with Crippen molar-refractivity contribution in [2.75, 3.05) is 13.1 Å². The summed E-state index contributed by atoms with van der Waals surface area (Å²) in [5, 5.41) is 15.3. The molecule has 0 aliphatic carbocycles. The van der Waals surface area contributed by atoms with Gasteiger partial charge in [0.1, 0.15) is 11.4 Å². The first-order valence-corrected chi connectivity index (χ1v) is 8.73. The second-order valence-electron chi connectivity index (χ2n) is 5.46. The summed E-state index contributed by atoms with van der Waals surface area (Å²) in [5.74, 6) is 0.152. The van der Waals surface area contributed by atoms with Crippen molar-refractivity contribution in [3.63, 3.8) is 0 Å². The first-order chi connectivity index (χ1) is 12.5. The summed E-state index contributed by atoms with van der Waals surface area (Å²) in [4.78, 5) is 29.3. The maximum absolute atomic E-state index is 12.3. The van der Waals surface area contributed by atoms with Crippen molar-refractivity contribution < 1.29 is 19.1 Å². The Kier molecular flexibility index (Phi) is 5.33. The number of carbonyl (C=O) groups excluding carboxylic acids is 2. The minimum Gasteiger partial charge on any atom is -0.508 e. The zero-order valence-corrected chi connectivity index (χ0v) is 14.8. The molecular weight excluding hydrogens is 354 g/mol. The highest BCUT2D eigenvalue weighted by molar-refractivity contribution is 7.15. The van der Waals surface area contributed by atoms with Crippen LogP contribution in [0.1, 0.15) is 25.7 Å². The standard InChI is InChI=1S/C18H17N3O4S/c1-11-15(21-18(26-11)14-3-2-10-25-14)17(24)20-9-8-19-16(23)12-4-6-13(22)7-5-12/h2-7,10,22H,8-9H2,1H3,(H,19,23)(H,20,24). The van der Waals surface area contributed by atoms with Gasteiger partial charge < -0.3 is 20.2 Å². The second-order valence-corrected chi connectivity index (χ2v) is 6.66. The first kappa shape index (κ1) is 17.7. The third kappa shape index (κ3) is 4.09. The number of hydrogen-bond acceptors (Lipinski definition) is 6. The largest absolute Gasteiger partial charge is 0.508 e. The van der Waals surface area contributed by atoms with Crippen LogP contribution in [-0.2, 0) is 0 Å². The molecule has 0 atom stereocenters. The lowest BCUT2D eigenvalue weighted by atomic mass is 10.2. The number of nitrogens with one attached hydrogen (secondary N) is 2. The maximum atomic E-state index is 12.3. The average molecular weight is 371 g/mol.